The van der Waals surface area contributed by atoms with Crippen molar-refractivity contribution in [3.63, 3.8) is 0 Å². The standard InChI is InChI=1S/C30H53BrN4O11/c1-29(2,8-12-36)30(3,4)19-24(37)33-10-13-43-15-17-45-21-26(39)34-11-14-44-16-18-46-22-27(40)35-23(28(41)42)7-5-6-9-32-25(38)20-31/h12,23H,5-11,13-22H2,1-4H3,(H,32,38)(H,33,37)(H,34,39)(H,35,40)(H,41,42). The van der Waals surface area contributed by atoms with Crippen LogP contribution < -0.4 is 21.3 Å². The molecule has 1 atom stereocenters. The van der Waals surface area contributed by atoms with Gasteiger partial charge in [0.25, 0.3) is 0 Å². The Bertz CT molecular complexity index is 935. The molecule has 0 aromatic heterocycles. The number of hydrogen-bond acceptors (Lipinski definition) is 10. The topological polar surface area (TPSA) is 208 Å². The second kappa shape index (κ2) is 25.4. The summed E-state index contributed by atoms with van der Waals surface area (Å²) >= 11 is 3.04. The summed E-state index contributed by atoms with van der Waals surface area (Å²) in [5, 5.41) is 20.0. The van der Waals surface area contributed by atoms with Gasteiger partial charge in [-0.25, -0.2) is 4.79 Å². The van der Waals surface area contributed by atoms with Crippen LogP contribution in [0.25, 0.3) is 0 Å². The molecule has 5 N–H and O–H groups in total. The zero-order chi connectivity index (χ0) is 34.8. The number of halogens is 1. The minimum Gasteiger partial charge on any atom is -0.480 e. The number of carboxylic acids is 1. The first-order chi connectivity index (χ1) is 21.8. The molecule has 0 aliphatic carbocycles. The van der Waals surface area contributed by atoms with Crippen molar-refractivity contribution in [3.05, 3.63) is 0 Å². The number of alkyl halides is 1. The van der Waals surface area contributed by atoms with Gasteiger partial charge in [0.2, 0.25) is 23.6 Å². The van der Waals surface area contributed by atoms with Crippen LogP contribution >= 0.6 is 15.9 Å². The highest BCUT2D eigenvalue weighted by atomic mass is 79.9. The summed E-state index contributed by atoms with van der Waals surface area (Å²) in [4.78, 5) is 69.5. The second-order valence-corrected chi connectivity index (χ2v) is 12.3. The van der Waals surface area contributed by atoms with E-state index in [0.717, 1.165) is 6.29 Å². The van der Waals surface area contributed by atoms with E-state index in [-0.39, 0.29) is 93.1 Å². The summed E-state index contributed by atoms with van der Waals surface area (Å²) in [6.07, 6.45) is 2.88. The van der Waals surface area contributed by atoms with Gasteiger partial charge in [-0.15, -0.1) is 0 Å². The van der Waals surface area contributed by atoms with E-state index in [1.54, 1.807) is 0 Å². The van der Waals surface area contributed by atoms with Gasteiger partial charge in [0.1, 0.15) is 25.5 Å². The summed E-state index contributed by atoms with van der Waals surface area (Å²) < 4.78 is 21.2. The van der Waals surface area contributed by atoms with Crippen LogP contribution in [0.1, 0.15) is 59.8 Å². The maximum absolute atomic E-state index is 12.3. The van der Waals surface area contributed by atoms with Crippen molar-refractivity contribution in [2.45, 2.75) is 65.8 Å². The molecule has 0 fully saturated rings. The molecule has 0 spiro atoms. The molecular weight excluding hydrogens is 672 g/mol. The van der Waals surface area contributed by atoms with Crippen molar-refractivity contribution in [3.8, 4) is 0 Å². The van der Waals surface area contributed by atoms with Crippen LogP contribution in [0.2, 0.25) is 0 Å². The van der Waals surface area contributed by atoms with E-state index in [0.29, 0.717) is 45.4 Å². The molecule has 4 amide bonds. The summed E-state index contributed by atoms with van der Waals surface area (Å²) in [5.74, 6) is -2.28. The molecule has 46 heavy (non-hydrogen) atoms. The number of carbonyl (C=O) groups excluding carboxylic acids is 5. The molecule has 0 saturated heterocycles. The number of carboxylic acid groups (broad SMARTS) is 1. The van der Waals surface area contributed by atoms with Crippen molar-refractivity contribution in [1.29, 1.82) is 0 Å². The lowest BCUT2D eigenvalue weighted by Gasteiger charge is -2.40. The number of unbranched alkanes of at least 4 members (excludes halogenated alkanes) is 1. The Morgan fingerprint density at radius 1 is 0.696 bits per heavy atom. The zero-order valence-corrected chi connectivity index (χ0v) is 29.2. The minimum atomic E-state index is -1.15. The number of aliphatic carboxylic acids is 1. The molecule has 15 nitrogen and oxygen atoms in total. The quantitative estimate of drug-likeness (QED) is 0.0409. The van der Waals surface area contributed by atoms with E-state index in [1.165, 1.54) is 0 Å². The Labute approximate surface area is 280 Å². The lowest BCUT2D eigenvalue weighted by molar-refractivity contribution is -0.142. The SMILES string of the molecule is CC(C)(CC=O)C(C)(C)CC(=O)NCCOCCOCC(=O)NCCOCCOCC(=O)NC(CCCCNC(=O)CBr)C(=O)O. The number of aldehydes is 1. The molecule has 0 bridgehead atoms. The zero-order valence-electron chi connectivity index (χ0n) is 27.6. The summed E-state index contributed by atoms with van der Waals surface area (Å²) in [6.45, 7) is 9.73. The van der Waals surface area contributed by atoms with Gasteiger partial charge in [-0.05, 0) is 30.1 Å². The fraction of sp³-hybridized carbons (Fsp3) is 0.800. The molecule has 0 aromatic carbocycles. The molecule has 0 aliphatic rings. The Kier molecular flexibility index (Phi) is 24.0. The lowest BCUT2D eigenvalue weighted by Crippen LogP contribution is -2.42. The van der Waals surface area contributed by atoms with Crippen LogP contribution in [0.5, 0.6) is 0 Å². The summed E-state index contributed by atoms with van der Waals surface area (Å²) in [5.41, 5.74) is -0.647. The summed E-state index contributed by atoms with van der Waals surface area (Å²) in [7, 11) is 0. The maximum atomic E-state index is 12.3. The number of rotatable bonds is 29. The Balaban J connectivity index is 3.74. The highest BCUT2D eigenvalue weighted by Gasteiger charge is 2.38. The van der Waals surface area contributed by atoms with Crippen LogP contribution in [-0.4, -0.2) is 125 Å². The fourth-order valence-corrected chi connectivity index (χ4v) is 3.97. The Morgan fingerprint density at radius 3 is 1.76 bits per heavy atom. The molecular formula is C30H53BrN4O11. The van der Waals surface area contributed by atoms with Gasteiger partial charge in [-0.1, -0.05) is 43.6 Å². The van der Waals surface area contributed by atoms with Gasteiger partial charge in [-0.2, -0.15) is 0 Å². The predicted molar refractivity (Wildman–Crippen MR) is 172 cm³/mol. The first-order valence-electron chi connectivity index (χ1n) is 15.4. The van der Waals surface area contributed by atoms with Crippen molar-refractivity contribution in [2.24, 2.45) is 10.8 Å². The average Bonchev–Trinajstić information content (AvgIpc) is 2.98. The van der Waals surface area contributed by atoms with E-state index in [1.807, 2.05) is 27.7 Å². The molecule has 1 unspecified atom stereocenters. The lowest BCUT2D eigenvalue weighted by atomic mass is 9.64. The number of ether oxygens (including phenoxy) is 4. The minimum absolute atomic E-state index is 0.107. The highest BCUT2D eigenvalue weighted by molar-refractivity contribution is 9.09. The average molecular weight is 726 g/mol. The Hall–Kier alpha value is -2.66. The van der Waals surface area contributed by atoms with Crippen LogP contribution in [-0.2, 0) is 47.7 Å². The van der Waals surface area contributed by atoms with Gasteiger partial charge in [-0.3, -0.25) is 19.2 Å². The molecule has 0 aliphatic heterocycles. The van der Waals surface area contributed by atoms with Crippen molar-refractivity contribution >= 4 is 51.8 Å². The van der Waals surface area contributed by atoms with E-state index < -0.39 is 17.9 Å². The highest BCUT2D eigenvalue weighted by Crippen LogP contribution is 2.43. The third kappa shape index (κ3) is 22.0. The second-order valence-electron chi connectivity index (χ2n) is 11.8. The predicted octanol–water partition coefficient (Wildman–Crippen LogP) is 0.568. The number of nitrogens with one attached hydrogen (secondary N) is 4. The normalized spacial score (nSPS) is 12.2. The number of amides is 4. The number of carbonyl (C=O) groups is 6. The van der Waals surface area contributed by atoms with Gasteiger partial charge >= 0.3 is 5.97 Å². The van der Waals surface area contributed by atoms with Gasteiger partial charge in [0, 0.05) is 32.5 Å². The van der Waals surface area contributed by atoms with E-state index in [9.17, 15) is 33.9 Å². The molecule has 0 rings (SSSR count). The monoisotopic (exact) mass is 724 g/mol. The number of hydrogen-bond donors (Lipinski definition) is 5. The molecule has 0 saturated carbocycles. The van der Waals surface area contributed by atoms with Crippen molar-refractivity contribution in [2.75, 3.05) is 77.8 Å². The fourth-order valence-electron chi connectivity index (χ4n) is 3.78. The van der Waals surface area contributed by atoms with E-state index in [4.69, 9.17) is 18.9 Å². The molecule has 0 aromatic rings. The Morgan fingerprint density at radius 2 is 1.22 bits per heavy atom. The van der Waals surface area contributed by atoms with Gasteiger partial charge in [0.15, 0.2) is 0 Å². The van der Waals surface area contributed by atoms with E-state index >= 15 is 0 Å². The van der Waals surface area contributed by atoms with Gasteiger partial charge in [0.05, 0.1) is 45.0 Å². The third-order valence-corrected chi connectivity index (χ3v) is 7.88. The molecule has 16 heteroatoms. The van der Waals surface area contributed by atoms with Crippen LogP contribution in [0.15, 0.2) is 0 Å². The van der Waals surface area contributed by atoms with Crippen LogP contribution in [0.4, 0.5) is 0 Å². The van der Waals surface area contributed by atoms with E-state index in [2.05, 4.69) is 37.2 Å². The van der Waals surface area contributed by atoms with Gasteiger partial charge < -0.3 is 50.1 Å². The smallest absolute Gasteiger partial charge is 0.326 e. The molecule has 0 radical (unpaired) electrons. The van der Waals surface area contributed by atoms with Crippen molar-refractivity contribution < 1.29 is 52.8 Å². The van der Waals surface area contributed by atoms with Crippen molar-refractivity contribution in [1.82, 2.24) is 21.3 Å². The molecule has 0 heterocycles. The third-order valence-electron chi connectivity index (χ3n) is 7.37. The van der Waals surface area contributed by atoms with Crippen LogP contribution in [0.3, 0.4) is 0 Å². The summed E-state index contributed by atoms with van der Waals surface area (Å²) in [6, 6.07) is -1.05. The van der Waals surface area contributed by atoms with Crippen LogP contribution in [0, 0.1) is 10.8 Å². The largest absolute Gasteiger partial charge is 0.480 e. The first-order valence-corrected chi connectivity index (χ1v) is 16.5. The maximum Gasteiger partial charge on any atom is 0.326 e. The molecule has 266 valence electrons. The first kappa shape index (κ1) is 43.3.